The van der Waals surface area contributed by atoms with E-state index in [-0.39, 0.29) is 12.4 Å². The Hall–Kier alpha value is -4.24. The van der Waals surface area contributed by atoms with E-state index in [0.717, 1.165) is 23.1 Å². The van der Waals surface area contributed by atoms with Crippen LogP contribution < -0.4 is 10.6 Å². The van der Waals surface area contributed by atoms with Gasteiger partial charge in [0, 0.05) is 11.3 Å². The van der Waals surface area contributed by atoms with Gasteiger partial charge in [-0.2, -0.15) is 4.80 Å². The summed E-state index contributed by atoms with van der Waals surface area (Å²) in [7, 11) is 0. The summed E-state index contributed by atoms with van der Waals surface area (Å²) in [5, 5.41) is 37.2. The van der Waals surface area contributed by atoms with E-state index >= 15 is 0 Å². The molecule has 0 aliphatic heterocycles. The lowest BCUT2D eigenvalue weighted by molar-refractivity contribution is 0.224. The van der Waals surface area contributed by atoms with Gasteiger partial charge >= 0.3 is 6.03 Å². The largest absolute Gasteiger partial charge is 0.508 e. The number of rotatable bonds is 9. The maximum Gasteiger partial charge on any atom is 0.319 e. The molecule has 9 heteroatoms. The van der Waals surface area contributed by atoms with E-state index in [0.29, 0.717) is 24.5 Å². The minimum Gasteiger partial charge on any atom is -0.508 e. The standard InChI is InChI=1S/C25H26N6O3/c32-17-22(16-19-8-12-23(33)13-9-19)27-25(34)26-21-10-6-18(7-11-21)14-15-31-29-24(28-30-31)20-4-2-1-3-5-20/h1-13,22,32-33H,14-17H2,(H2,26,27,34)/t22-/m0/s1. The molecule has 9 nitrogen and oxygen atoms in total. The number of nitrogens with zero attached hydrogens (tertiary/aromatic N) is 4. The van der Waals surface area contributed by atoms with E-state index in [1.165, 1.54) is 0 Å². The third kappa shape index (κ3) is 6.39. The summed E-state index contributed by atoms with van der Waals surface area (Å²) < 4.78 is 0. The quantitative estimate of drug-likeness (QED) is 0.306. The topological polar surface area (TPSA) is 125 Å². The maximum absolute atomic E-state index is 12.3. The number of phenolic OH excluding ortho intramolecular Hbond substituents is 1. The van der Waals surface area contributed by atoms with Crippen LogP contribution in [0.5, 0.6) is 5.75 Å². The number of aromatic hydroxyl groups is 1. The van der Waals surface area contributed by atoms with Crippen molar-refractivity contribution in [1.82, 2.24) is 25.5 Å². The number of aromatic nitrogens is 4. The fraction of sp³-hybridized carbons (Fsp3) is 0.200. The van der Waals surface area contributed by atoms with Gasteiger partial charge in [-0.05, 0) is 53.4 Å². The second-order valence-corrected chi connectivity index (χ2v) is 7.87. The van der Waals surface area contributed by atoms with Crippen molar-refractivity contribution in [3.8, 4) is 17.1 Å². The van der Waals surface area contributed by atoms with Gasteiger partial charge in [0.25, 0.3) is 0 Å². The highest BCUT2D eigenvalue weighted by molar-refractivity contribution is 5.89. The molecule has 4 aromatic rings. The average Bonchev–Trinajstić information content (AvgIpc) is 3.34. The Kier molecular flexibility index (Phi) is 7.46. The minimum atomic E-state index is -0.445. The molecule has 4 rings (SSSR count). The molecule has 4 N–H and O–H groups in total. The average molecular weight is 459 g/mol. The van der Waals surface area contributed by atoms with Gasteiger partial charge in [-0.3, -0.25) is 0 Å². The fourth-order valence-corrected chi connectivity index (χ4v) is 3.45. The first kappa shape index (κ1) is 22.9. The van der Waals surface area contributed by atoms with E-state index in [9.17, 15) is 15.0 Å². The van der Waals surface area contributed by atoms with Crippen LogP contribution >= 0.6 is 0 Å². The van der Waals surface area contributed by atoms with Crippen molar-refractivity contribution in [2.45, 2.75) is 25.4 Å². The maximum atomic E-state index is 12.3. The number of aryl methyl sites for hydroxylation is 2. The molecule has 0 unspecified atom stereocenters. The van der Waals surface area contributed by atoms with Crippen LogP contribution in [-0.4, -0.2) is 49.1 Å². The summed E-state index contributed by atoms with van der Waals surface area (Å²) in [6, 6.07) is 23.1. The lowest BCUT2D eigenvalue weighted by Crippen LogP contribution is -2.41. The van der Waals surface area contributed by atoms with Crippen LogP contribution in [-0.2, 0) is 19.4 Å². The zero-order valence-electron chi connectivity index (χ0n) is 18.5. The number of nitrogens with one attached hydrogen (secondary N) is 2. The first-order valence-corrected chi connectivity index (χ1v) is 11.0. The van der Waals surface area contributed by atoms with Crippen molar-refractivity contribution >= 4 is 11.7 Å². The molecule has 0 fully saturated rings. The summed E-state index contributed by atoms with van der Waals surface area (Å²) in [5.74, 6) is 0.769. The number of carbonyl (C=O) groups is 1. The molecular formula is C25H26N6O3. The van der Waals surface area contributed by atoms with E-state index < -0.39 is 12.1 Å². The van der Waals surface area contributed by atoms with Gasteiger partial charge in [0.2, 0.25) is 5.82 Å². The highest BCUT2D eigenvalue weighted by Crippen LogP contribution is 2.14. The lowest BCUT2D eigenvalue weighted by atomic mass is 10.1. The Morgan fingerprint density at radius 3 is 2.35 bits per heavy atom. The van der Waals surface area contributed by atoms with E-state index in [1.54, 1.807) is 29.1 Å². The number of amides is 2. The molecule has 0 saturated heterocycles. The summed E-state index contributed by atoms with van der Waals surface area (Å²) in [5.41, 5.74) is 3.55. The van der Waals surface area contributed by atoms with Gasteiger partial charge in [0.05, 0.1) is 19.2 Å². The highest BCUT2D eigenvalue weighted by Gasteiger charge is 2.12. The molecule has 0 bridgehead atoms. The van der Waals surface area contributed by atoms with Crippen molar-refractivity contribution in [1.29, 1.82) is 0 Å². The summed E-state index contributed by atoms with van der Waals surface area (Å²) in [6.07, 6.45) is 1.17. The van der Waals surface area contributed by atoms with Crippen LogP contribution in [0.1, 0.15) is 11.1 Å². The molecule has 1 heterocycles. The predicted molar refractivity (Wildman–Crippen MR) is 128 cm³/mol. The normalized spacial score (nSPS) is 11.7. The number of urea groups is 1. The van der Waals surface area contributed by atoms with Crippen LogP contribution in [0.2, 0.25) is 0 Å². The number of tetrazole rings is 1. The number of carbonyl (C=O) groups excluding carboxylic acids is 1. The second-order valence-electron chi connectivity index (χ2n) is 7.87. The summed E-state index contributed by atoms with van der Waals surface area (Å²) in [6.45, 7) is 0.387. The second kappa shape index (κ2) is 11.1. The zero-order chi connectivity index (χ0) is 23.8. The number of aliphatic hydroxyl groups is 1. The highest BCUT2D eigenvalue weighted by atomic mass is 16.3. The lowest BCUT2D eigenvalue weighted by Gasteiger charge is -2.17. The number of hydrogen-bond acceptors (Lipinski definition) is 6. The van der Waals surface area contributed by atoms with E-state index in [4.69, 9.17) is 0 Å². The Bertz CT molecular complexity index is 1190. The third-order valence-electron chi connectivity index (χ3n) is 5.27. The Labute approximate surface area is 197 Å². The van der Waals surface area contributed by atoms with Crippen molar-refractivity contribution in [2.75, 3.05) is 11.9 Å². The van der Waals surface area contributed by atoms with Crippen molar-refractivity contribution < 1.29 is 15.0 Å². The van der Waals surface area contributed by atoms with Gasteiger partial charge in [0.1, 0.15) is 5.75 Å². The number of hydrogen-bond donors (Lipinski definition) is 4. The first-order valence-electron chi connectivity index (χ1n) is 11.0. The molecule has 0 saturated carbocycles. The molecule has 174 valence electrons. The Morgan fingerprint density at radius 1 is 0.941 bits per heavy atom. The molecule has 1 atom stereocenters. The van der Waals surface area contributed by atoms with Gasteiger partial charge < -0.3 is 20.8 Å². The van der Waals surface area contributed by atoms with Crippen LogP contribution in [0, 0.1) is 0 Å². The zero-order valence-corrected chi connectivity index (χ0v) is 18.5. The number of phenols is 1. The van der Waals surface area contributed by atoms with E-state index in [1.807, 2.05) is 54.6 Å². The van der Waals surface area contributed by atoms with Gasteiger partial charge in [-0.1, -0.05) is 54.6 Å². The fourth-order valence-electron chi connectivity index (χ4n) is 3.45. The monoisotopic (exact) mass is 458 g/mol. The number of aliphatic hydroxyl groups excluding tert-OH is 1. The van der Waals surface area contributed by atoms with Crippen LogP contribution in [0.4, 0.5) is 10.5 Å². The molecule has 0 spiro atoms. The Morgan fingerprint density at radius 2 is 1.65 bits per heavy atom. The molecule has 0 aliphatic carbocycles. The van der Waals surface area contributed by atoms with Crippen molar-refractivity contribution in [3.63, 3.8) is 0 Å². The SMILES string of the molecule is O=C(Nc1ccc(CCn2nnc(-c3ccccc3)n2)cc1)N[C@H](CO)Cc1ccc(O)cc1. The molecule has 34 heavy (non-hydrogen) atoms. The van der Waals surface area contributed by atoms with Crippen LogP contribution in [0.25, 0.3) is 11.4 Å². The molecule has 2 amide bonds. The first-order chi connectivity index (χ1) is 16.6. The minimum absolute atomic E-state index is 0.174. The third-order valence-corrected chi connectivity index (χ3v) is 5.27. The van der Waals surface area contributed by atoms with Crippen LogP contribution in [0.15, 0.2) is 78.9 Å². The predicted octanol–water partition coefficient (Wildman–Crippen LogP) is 3.01. The molecular weight excluding hydrogens is 432 g/mol. The van der Waals surface area contributed by atoms with Gasteiger partial charge in [0.15, 0.2) is 0 Å². The summed E-state index contributed by atoms with van der Waals surface area (Å²) >= 11 is 0. The van der Waals surface area contributed by atoms with Crippen molar-refractivity contribution in [3.05, 3.63) is 90.0 Å². The van der Waals surface area contributed by atoms with Gasteiger partial charge in [-0.25, -0.2) is 4.79 Å². The Balaban J connectivity index is 1.25. The molecule has 0 radical (unpaired) electrons. The van der Waals surface area contributed by atoms with E-state index in [2.05, 4.69) is 26.0 Å². The number of anilines is 1. The van der Waals surface area contributed by atoms with Gasteiger partial charge in [-0.15, -0.1) is 10.2 Å². The summed E-state index contributed by atoms with van der Waals surface area (Å²) in [4.78, 5) is 13.9. The van der Waals surface area contributed by atoms with Crippen molar-refractivity contribution in [2.24, 2.45) is 0 Å². The molecule has 0 aliphatic rings. The smallest absolute Gasteiger partial charge is 0.319 e. The van der Waals surface area contributed by atoms with Crippen LogP contribution in [0.3, 0.4) is 0 Å². The molecule has 3 aromatic carbocycles. The number of benzene rings is 3. The molecule has 1 aromatic heterocycles.